The van der Waals surface area contributed by atoms with Crippen molar-refractivity contribution in [1.29, 1.82) is 0 Å². The van der Waals surface area contributed by atoms with Gasteiger partial charge in [0, 0.05) is 25.7 Å². The third kappa shape index (κ3) is 10.2. The molecule has 186 valence electrons. The minimum absolute atomic E-state index is 0.0311. The number of hydrogen-bond acceptors (Lipinski definition) is 8. The first-order chi connectivity index (χ1) is 15.5. The molecule has 9 nitrogen and oxygen atoms in total. The molecule has 1 unspecified atom stereocenters. The molecule has 2 atom stereocenters. The van der Waals surface area contributed by atoms with Gasteiger partial charge in [-0.2, -0.15) is 0 Å². The number of carbonyl (C=O) groups excluding carboxylic acids is 2. The molecule has 0 aromatic heterocycles. The lowest BCUT2D eigenvalue weighted by molar-refractivity contribution is -0.150. The van der Waals surface area contributed by atoms with Gasteiger partial charge in [0.2, 0.25) is 0 Å². The Balaban J connectivity index is 1.91. The van der Waals surface area contributed by atoms with Gasteiger partial charge in [-0.05, 0) is 59.6 Å². The summed E-state index contributed by atoms with van der Waals surface area (Å²) in [4.78, 5) is 26.1. The summed E-state index contributed by atoms with van der Waals surface area (Å²) >= 11 is 0. The van der Waals surface area contributed by atoms with E-state index in [9.17, 15) is 14.2 Å². The molecule has 0 bridgehead atoms. The smallest absolute Gasteiger partial charge is 0.407 e. The van der Waals surface area contributed by atoms with E-state index in [0.29, 0.717) is 12.3 Å². The zero-order valence-electron chi connectivity index (χ0n) is 20.2. The second kappa shape index (κ2) is 12.4. The SMILES string of the molecule is CCOC(=O)[C@H](C)OP(=O)(CCN1CCC(NC(=O)OC(C)(C)C)CC1)Oc1ccccc1. The first-order valence-corrected chi connectivity index (χ1v) is 13.1. The highest BCUT2D eigenvalue weighted by Gasteiger charge is 2.33. The van der Waals surface area contributed by atoms with Crippen LogP contribution in [-0.2, 0) is 23.4 Å². The predicted octanol–water partition coefficient (Wildman–Crippen LogP) is 4.22. The molecule has 0 saturated carbocycles. The largest absolute Gasteiger partial charge is 0.464 e. The van der Waals surface area contributed by atoms with Gasteiger partial charge in [-0.15, -0.1) is 0 Å². The summed E-state index contributed by atoms with van der Waals surface area (Å²) in [7, 11) is -3.64. The standard InChI is InChI=1S/C23H37N2O7P/c1-6-29-21(26)18(2)31-33(28,32-20-10-8-7-9-11-20)17-16-25-14-12-19(13-15-25)24-22(27)30-23(3,4)5/h7-11,18-19H,6,12-17H2,1-5H3,(H,24,27)/t18-,33?/m0/s1. The van der Waals surface area contributed by atoms with Crippen LogP contribution in [0.1, 0.15) is 47.5 Å². The minimum atomic E-state index is -3.64. The molecule has 1 heterocycles. The summed E-state index contributed by atoms with van der Waals surface area (Å²) in [6.07, 6.45) is 0.202. The zero-order valence-corrected chi connectivity index (χ0v) is 21.1. The Hall–Kier alpha value is -2.09. The van der Waals surface area contributed by atoms with Crippen LogP contribution < -0.4 is 9.84 Å². The van der Waals surface area contributed by atoms with Gasteiger partial charge in [0.1, 0.15) is 11.4 Å². The fraction of sp³-hybridized carbons (Fsp3) is 0.652. The summed E-state index contributed by atoms with van der Waals surface area (Å²) < 4.78 is 35.2. The maximum absolute atomic E-state index is 13.5. The zero-order chi connectivity index (χ0) is 24.5. The Morgan fingerprint density at radius 1 is 1.18 bits per heavy atom. The number of nitrogens with one attached hydrogen (secondary N) is 1. The van der Waals surface area contributed by atoms with E-state index in [1.165, 1.54) is 6.92 Å². The molecular weight excluding hydrogens is 447 g/mol. The molecule has 1 aliphatic heterocycles. The summed E-state index contributed by atoms with van der Waals surface area (Å²) in [5.74, 6) is -0.166. The molecule has 0 aliphatic carbocycles. The Labute approximate surface area is 196 Å². The summed E-state index contributed by atoms with van der Waals surface area (Å²) in [5.41, 5.74) is -0.536. The Bertz CT molecular complexity index is 805. The molecule has 10 heteroatoms. The minimum Gasteiger partial charge on any atom is -0.464 e. The van der Waals surface area contributed by atoms with Gasteiger partial charge in [0.25, 0.3) is 0 Å². The molecule has 1 aliphatic rings. The van der Waals surface area contributed by atoms with Gasteiger partial charge >= 0.3 is 19.7 Å². The number of esters is 1. The molecular formula is C23H37N2O7P. The maximum Gasteiger partial charge on any atom is 0.407 e. The van der Waals surface area contributed by atoms with E-state index < -0.39 is 31.4 Å². The molecule has 0 radical (unpaired) electrons. The van der Waals surface area contributed by atoms with E-state index in [1.54, 1.807) is 31.2 Å². The van der Waals surface area contributed by atoms with E-state index in [-0.39, 0.29) is 18.8 Å². The molecule has 1 N–H and O–H groups in total. The van der Waals surface area contributed by atoms with Crippen LogP contribution in [0.15, 0.2) is 30.3 Å². The number of para-hydroxylation sites is 1. The Morgan fingerprint density at radius 2 is 1.82 bits per heavy atom. The molecule has 33 heavy (non-hydrogen) atoms. The summed E-state index contributed by atoms with van der Waals surface area (Å²) in [6, 6.07) is 8.80. The highest BCUT2D eigenvalue weighted by Crippen LogP contribution is 2.49. The number of amides is 1. The van der Waals surface area contributed by atoms with Crippen molar-refractivity contribution in [3.8, 4) is 5.75 Å². The fourth-order valence-electron chi connectivity index (χ4n) is 3.34. The van der Waals surface area contributed by atoms with Crippen LogP contribution >= 0.6 is 7.60 Å². The van der Waals surface area contributed by atoms with Crippen LogP contribution in [0.5, 0.6) is 5.75 Å². The van der Waals surface area contributed by atoms with Gasteiger partial charge < -0.3 is 24.2 Å². The number of likely N-dealkylation sites (tertiary alicyclic amines) is 1. The van der Waals surface area contributed by atoms with Crippen LogP contribution in [0.25, 0.3) is 0 Å². The first-order valence-electron chi connectivity index (χ1n) is 11.4. The highest BCUT2D eigenvalue weighted by molar-refractivity contribution is 7.54. The van der Waals surface area contributed by atoms with Gasteiger partial charge in [-0.3, -0.25) is 4.52 Å². The Morgan fingerprint density at radius 3 is 2.39 bits per heavy atom. The third-order valence-corrected chi connectivity index (χ3v) is 6.80. The van der Waals surface area contributed by atoms with Gasteiger partial charge in [-0.25, -0.2) is 14.2 Å². The number of nitrogens with zero attached hydrogens (tertiary/aromatic N) is 1. The van der Waals surface area contributed by atoms with E-state index in [4.69, 9.17) is 18.5 Å². The quantitative estimate of drug-likeness (QED) is 0.389. The fourth-order valence-corrected chi connectivity index (χ4v) is 5.12. The van der Waals surface area contributed by atoms with Crippen LogP contribution in [-0.4, -0.2) is 67.1 Å². The topological polar surface area (TPSA) is 103 Å². The van der Waals surface area contributed by atoms with Gasteiger partial charge in [-0.1, -0.05) is 18.2 Å². The lowest BCUT2D eigenvalue weighted by Crippen LogP contribution is -2.46. The number of ether oxygens (including phenoxy) is 2. The van der Waals surface area contributed by atoms with Crippen molar-refractivity contribution in [2.24, 2.45) is 0 Å². The number of piperidine rings is 1. The van der Waals surface area contributed by atoms with Crippen molar-refractivity contribution in [2.45, 2.75) is 65.2 Å². The van der Waals surface area contributed by atoms with Crippen molar-refractivity contribution in [3.05, 3.63) is 30.3 Å². The van der Waals surface area contributed by atoms with Gasteiger partial charge in [0.15, 0.2) is 6.10 Å². The maximum atomic E-state index is 13.5. The van der Waals surface area contributed by atoms with Gasteiger partial charge in [0.05, 0.1) is 12.8 Å². The summed E-state index contributed by atoms with van der Waals surface area (Å²) in [6.45, 7) is 10.8. The van der Waals surface area contributed by atoms with E-state index in [0.717, 1.165) is 25.9 Å². The lowest BCUT2D eigenvalue weighted by atomic mass is 10.1. The van der Waals surface area contributed by atoms with Crippen molar-refractivity contribution < 1.29 is 32.7 Å². The molecule has 1 amide bonds. The van der Waals surface area contributed by atoms with Crippen molar-refractivity contribution in [3.63, 3.8) is 0 Å². The number of rotatable bonds is 10. The van der Waals surface area contributed by atoms with Crippen LogP contribution in [0, 0.1) is 0 Å². The van der Waals surface area contributed by atoms with E-state index >= 15 is 0 Å². The second-order valence-electron chi connectivity index (χ2n) is 9.00. The molecule has 1 saturated heterocycles. The van der Waals surface area contributed by atoms with Crippen molar-refractivity contribution in [1.82, 2.24) is 10.2 Å². The number of hydrogen-bond donors (Lipinski definition) is 1. The molecule has 1 aromatic rings. The Kier molecular flexibility index (Phi) is 10.2. The molecule has 1 aromatic carbocycles. The molecule has 2 rings (SSSR count). The van der Waals surface area contributed by atoms with E-state index in [2.05, 4.69) is 10.2 Å². The molecule has 1 fully saturated rings. The lowest BCUT2D eigenvalue weighted by Gasteiger charge is -2.33. The number of carbonyl (C=O) groups is 2. The van der Waals surface area contributed by atoms with Crippen LogP contribution in [0.2, 0.25) is 0 Å². The number of benzene rings is 1. The monoisotopic (exact) mass is 484 g/mol. The average Bonchev–Trinajstić information content (AvgIpc) is 2.72. The highest BCUT2D eigenvalue weighted by atomic mass is 31.2. The van der Waals surface area contributed by atoms with Crippen LogP contribution in [0.4, 0.5) is 4.79 Å². The first kappa shape index (κ1) is 27.2. The average molecular weight is 485 g/mol. The molecule has 0 spiro atoms. The second-order valence-corrected chi connectivity index (χ2v) is 11.1. The normalized spacial score (nSPS) is 18.1. The summed E-state index contributed by atoms with van der Waals surface area (Å²) in [5, 5.41) is 2.91. The number of alkyl carbamates (subject to hydrolysis) is 1. The third-order valence-electron chi connectivity index (χ3n) is 4.92. The van der Waals surface area contributed by atoms with E-state index in [1.807, 2.05) is 26.8 Å². The van der Waals surface area contributed by atoms with Crippen LogP contribution in [0.3, 0.4) is 0 Å². The van der Waals surface area contributed by atoms with Crippen molar-refractivity contribution >= 4 is 19.7 Å². The van der Waals surface area contributed by atoms with Crippen molar-refractivity contribution in [2.75, 3.05) is 32.4 Å². The predicted molar refractivity (Wildman–Crippen MR) is 126 cm³/mol.